The van der Waals surface area contributed by atoms with Crippen molar-refractivity contribution in [2.75, 3.05) is 50.1 Å². The monoisotopic (exact) mass is 331 g/mol. The second kappa shape index (κ2) is 7.15. The van der Waals surface area contributed by atoms with Crippen LogP contribution in [0.15, 0.2) is 36.7 Å². The van der Waals surface area contributed by atoms with Crippen LogP contribution in [-0.4, -0.2) is 55.1 Å². The van der Waals surface area contributed by atoms with Gasteiger partial charge in [-0.05, 0) is 11.6 Å². The van der Waals surface area contributed by atoms with Crippen molar-refractivity contribution >= 4 is 23.2 Å². The van der Waals surface area contributed by atoms with Gasteiger partial charge in [-0.1, -0.05) is 29.8 Å². The van der Waals surface area contributed by atoms with Gasteiger partial charge >= 0.3 is 0 Å². The molecule has 1 aliphatic rings. The quantitative estimate of drug-likeness (QED) is 0.860. The molecule has 3 rings (SSSR count). The topological polar surface area (TPSA) is 35.5 Å². The van der Waals surface area contributed by atoms with Crippen LogP contribution in [0.25, 0.3) is 0 Å². The lowest BCUT2D eigenvalue weighted by molar-refractivity contribution is 0.249. The highest BCUT2D eigenvalue weighted by Crippen LogP contribution is 2.20. The molecule has 0 saturated carbocycles. The van der Waals surface area contributed by atoms with Crippen LogP contribution < -0.4 is 9.80 Å². The van der Waals surface area contributed by atoms with Gasteiger partial charge in [0.2, 0.25) is 0 Å². The Hall–Kier alpha value is -1.85. The summed E-state index contributed by atoms with van der Waals surface area (Å²) in [5, 5.41) is 0.848. The number of piperazine rings is 1. The van der Waals surface area contributed by atoms with Crippen LogP contribution >= 0.6 is 11.6 Å². The molecule has 122 valence electrons. The van der Waals surface area contributed by atoms with E-state index in [2.05, 4.69) is 25.8 Å². The Morgan fingerprint density at radius 3 is 2.52 bits per heavy atom. The standard InChI is InChI=1S/C17H22ClN5/c1-21(2)16-11-17(20-13-19-16)23-9-7-22(8-10-23)12-14-5-3-4-6-15(14)18/h3-6,11,13H,7-10,12H2,1-2H3. The van der Waals surface area contributed by atoms with Crippen LogP contribution in [0.2, 0.25) is 5.02 Å². The Morgan fingerprint density at radius 1 is 1.09 bits per heavy atom. The van der Waals surface area contributed by atoms with Crippen molar-refractivity contribution in [2.45, 2.75) is 6.54 Å². The van der Waals surface area contributed by atoms with Gasteiger partial charge in [-0.2, -0.15) is 0 Å². The molecule has 2 aromatic rings. The van der Waals surface area contributed by atoms with E-state index in [1.807, 2.05) is 43.3 Å². The van der Waals surface area contributed by atoms with Gasteiger partial charge in [0.15, 0.2) is 0 Å². The summed E-state index contributed by atoms with van der Waals surface area (Å²) in [5.41, 5.74) is 1.19. The Balaban J connectivity index is 1.60. The zero-order valence-corrected chi connectivity index (χ0v) is 14.4. The molecular formula is C17H22ClN5. The molecule has 0 spiro atoms. The molecule has 1 aromatic heterocycles. The van der Waals surface area contributed by atoms with Gasteiger partial charge in [0.25, 0.3) is 0 Å². The minimum atomic E-state index is 0.848. The Labute approximate surface area is 142 Å². The molecule has 0 N–H and O–H groups in total. The number of aromatic nitrogens is 2. The smallest absolute Gasteiger partial charge is 0.134 e. The van der Waals surface area contributed by atoms with Gasteiger partial charge in [0.1, 0.15) is 18.0 Å². The van der Waals surface area contributed by atoms with Crippen LogP contribution in [0.3, 0.4) is 0 Å². The summed E-state index contributed by atoms with van der Waals surface area (Å²) in [5.74, 6) is 1.94. The number of hydrogen-bond acceptors (Lipinski definition) is 5. The summed E-state index contributed by atoms with van der Waals surface area (Å²) in [4.78, 5) is 15.4. The molecule has 1 aromatic carbocycles. The maximum Gasteiger partial charge on any atom is 0.134 e. The molecule has 5 nitrogen and oxygen atoms in total. The number of anilines is 2. The van der Waals surface area contributed by atoms with Crippen molar-refractivity contribution in [1.82, 2.24) is 14.9 Å². The highest BCUT2D eigenvalue weighted by molar-refractivity contribution is 6.31. The molecule has 0 bridgehead atoms. The van der Waals surface area contributed by atoms with Crippen LogP contribution in [-0.2, 0) is 6.54 Å². The SMILES string of the molecule is CN(C)c1cc(N2CCN(Cc3ccccc3Cl)CC2)ncn1. The van der Waals surface area contributed by atoms with Crippen molar-refractivity contribution in [1.29, 1.82) is 0 Å². The second-order valence-corrected chi connectivity index (χ2v) is 6.39. The van der Waals surface area contributed by atoms with E-state index < -0.39 is 0 Å². The third-order valence-electron chi connectivity index (χ3n) is 4.14. The fraction of sp³-hybridized carbons (Fsp3) is 0.412. The van der Waals surface area contributed by atoms with Gasteiger partial charge in [-0.15, -0.1) is 0 Å². The molecule has 1 fully saturated rings. The van der Waals surface area contributed by atoms with Gasteiger partial charge in [-0.3, -0.25) is 4.90 Å². The van der Waals surface area contributed by atoms with Crippen molar-refractivity contribution < 1.29 is 0 Å². The minimum Gasteiger partial charge on any atom is -0.363 e. The van der Waals surface area contributed by atoms with Crippen molar-refractivity contribution in [3.05, 3.63) is 47.2 Å². The molecule has 0 unspecified atom stereocenters. The normalized spacial score (nSPS) is 15.7. The zero-order valence-electron chi connectivity index (χ0n) is 13.6. The van der Waals surface area contributed by atoms with Crippen LogP contribution in [0.1, 0.15) is 5.56 Å². The number of hydrogen-bond donors (Lipinski definition) is 0. The van der Waals surface area contributed by atoms with Crippen LogP contribution in [0, 0.1) is 0 Å². The van der Waals surface area contributed by atoms with E-state index in [1.165, 1.54) is 5.56 Å². The lowest BCUT2D eigenvalue weighted by atomic mass is 10.2. The van der Waals surface area contributed by atoms with E-state index in [-0.39, 0.29) is 0 Å². The summed E-state index contributed by atoms with van der Waals surface area (Å²) >= 11 is 6.26. The number of nitrogens with zero attached hydrogens (tertiary/aromatic N) is 5. The fourth-order valence-electron chi connectivity index (χ4n) is 2.76. The Bertz CT molecular complexity index is 653. The molecule has 1 saturated heterocycles. The molecular weight excluding hydrogens is 310 g/mol. The predicted octanol–water partition coefficient (Wildman–Crippen LogP) is 2.52. The second-order valence-electron chi connectivity index (χ2n) is 5.98. The van der Waals surface area contributed by atoms with Gasteiger partial charge in [-0.25, -0.2) is 9.97 Å². The lowest BCUT2D eigenvalue weighted by Gasteiger charge is -2.35. The van der Waals surface area contributed by atoms with E-state index in [9.17, 15) is 0 Å². The lowest BCUT2D eigenvalue weighted by Crippen LogP contribution is -2.46. The molecule has 6 heteroatoms. The molecule has 23 heavy (non-hydrogen) atoms. The first kappa shape index (κ1) is 16.0. The summed E-state index contributed by atoms with van der Waals surface area (Å²) < 4.78 is 0. The van der Waals surface area contributed by atoms with E-state index in [0.717, 1.165) is 49.4 Å². The van der Waals surface area contributed by atoms with Crippen molar-refractivity contribution in [2.24, 2.45) is 0 Å². The van der Waals surface area contributed by atoms with E-state index >= 15 is 0 Å². The Morgan fingerprint density at radius 2 is 1.83 bits per heavy atom. The highest BCUT2D eigenvalue weighted by Gasteiger charge is 2.19. The first-order valence-corrected chi connectivity index (χ1v) is 8.21. The molecule has 0 aliphatic carbocycles. The first-order valence-electron chi connectivity index (χ1n) is 7.83. The summed E-state index contributed by atoms with van der Waals surface area (Å²) in [6, 6.07) is 10.1. The Kier molecular flexibility index (Phi) is 4.98. The first-order chi connectivity index (χ1) is 11.1. The summed E-state index contributed by atoms with van der Waals surface area (Å²) in [6.07, 6.45) is 1.64. The minimum absolute atomic E-state index is 0.848. The fourth-order valence-corrected chi connectivity index (χ4v) is 2.95. The summed E-state index contributed by atoms with van der Waals surface area (Å²) in [7, 11) is 3.99. The number of halogens is 1. The van der Waals surface area contributed by atoms with Crippen molar-refractivity contribution in [3.8, 4) is 0 Å². The third kappa shape index (κ3) is 3.92. The maximum atomic E-state index is 6.26. The van der Waals surface area contributed by atoms with Gasteiger partial charge in [0.05, 0.1) is 0 Å². The largest absolute Gasteiger partial charge is 0.363 e. The summed E-state index contributed by atoms with van der Waals surface area (Å²) in [6.45, 7) is 4.85. The molecule has 0 atom stereocenters. The maximum absolute atomic E-state index is 6.26. The third-order valence-corrected chi connectivity index (χ3v) is 4.51. The van der Waals surface area contributed by atoms with E-state index in [1.54, 1.807) is 6.33 Å². The van der Waals surface area contributed by atoms with Gasteiger partial charge < -0.3 is 9.80 Å². The van der Waals surface area contributed by atoms with Gasteiger partial charge in [0, 0.05) is 57.9 Å². The molecule has 0 amide bonds. The predicted molar refractivity (Wildman–Crippen MR) is 95.3 cm³/mol. The van der Waals surface area contributed by atoms with E-state index in [4.69, 9.17) is 11.6 Å². The molecule has 0 radical (unpaired) electrons. The number of benzene rings is 1. The number of rotatable bonds is 4. The highest BCUT2D eigenvalue weighted by atomic mass is 35.5. The van der Waals surface area contributed by atoms with Crippen LogP contribution in [0.5, 0.6) is 0 Å². The average molecular weight is 332 g/mol. The average Bonchev–Trinajstić information content (AvgIpc) is 2.58. The molecule has 1 aliphatic heterocycles. The van der Waals surface area contributed by atoms with Crippen molar-refractivity contribution in [3.63, 3.8) is 0 Å². The molecule has 2 heterocycles. The van der Waals surface area contributed by atoms with E-state index in [0.29, 0.717) is 0 Å². The zero-order chi connectivity index (χ0) is 16.2. The van der Waals surface area contributed by atoms with Crippen LogP contribution in [0.4, 0.5) is 11.6 Å².